The van der Waals surface area contributed by atoms with E-state index in [4.69, 9.17) is 4.42 Å². The van der Waals surface area contributed by atoms with Gasteiger partial charge in [0.25, 0.3) is 0 Å². The Morgan fingerprint density at radius 1 is 1.05 bits per heavy atom. The third-order valence-electron chi connectivity index (χ3n) is 3.93. The van der Waals surface area contributed by atoms with Gasteiger partial charge in [-0.05, 0) is 24.6 Å². The Kier molecular flexibility index (Phi) is 3.04. The highest BCUT2D eigenvalue weighted by atomic mass is 16.3. The van der Waals surface area contributed by atoms with Crippen molar-refractivity contribution >= 4 is 11.0 Å². The molecule has 2 heterocycles. The number of rotatable bonds is 3. The first kappa shape index (κ1) is 12.9. The van der Waals surface area contributed by atoms with Gasteiger partial charge in [-0.2, -0.15) is 0 Å². The van der Waals surface area contributed by atoms with Crippen LogP contribution in [0.15, 0.2) is 77.7 Å². The molecule has 0 saturated carbocycles. The summed E-state index contributed by atoms with van der Waals surface area (Å²) >= 11 is 0. The van der Waals surface area contributed by atoms with Crippen molar-refractivity contribution in [3.8, 4) is 0 Å². The molecule has 22 heavy (non-hydrogen) atoms. The lowest BCUT2D eigenvalue weighted by molar-refractivity contribution is 0.487. The Morgan fingerprint density at radius 3 is 2.59 bits per heavy atom. The number of benzene rings is 2. The SMILES string of the molecule is Cc1ccc(C(c2cc3ccccc3o2)n2ccnc2)cc1. The van der Waals surface area contributed by atoms with E-state index in [9.17, 15) is 0 Å². The molecule has 1 atom stereocenters. The van der Waals surface area contributed by atoms with E-state index in [1.165, 1.54) is 11.1 Å². The third-order valence-corrected chi connectivity index (χ3v) is 3.93. The van der Waals surface area contributed by atoms with Crippen molar-refractivity contribution in [2.45, 2.75) is 13.0 Å². The predicted octanol–water partition coefficient (Wildman–Crippen LogP) is 4.58. The smallest absolute Gasteiger partial charge is 0.134 e. The fourth-order valence-electron chi connectivity index (χ4n) is 2.79. The summed E-state index contributed by atoms with van der Waals surface area (Å²) in [7, 11) is 0. The Hall–Kier alpha value is -2.81. The lowest BCUT2D eigenvalue weighted by Gasteiger charge is -2.16. The topological polar surface area (TPSA) is 31.0 Å². The second kappa shape index (κ2) is 5.19. The molecular weight excluding hydrogens is 272 g/mol. The molecule has 3 heteroatoms. The molecule has 0 N–H and O–H groups in total. The maximum Gasteiger partial charge on any atom is 0.134 e. The number of furan rings is 1. The van der Waals surface area contributed by atoms with E-state index in [0.29, 0.717) is 0 Å². The molecule has 0 spiro atoms. The Labute approximate surface area is 128 Å². The van der Waals surface area contributed by atoms with Gasteiger partial charge in [-0.15, -0.1) is 0 Å². The van der Waals surface area contributed by atoms with Gasteiger partial charge in [-0.25, -0.2) is 4.98 Å². The van der Waals surface area contributed by atoms with E-state index in [1.807, 2.05) is 30.7 Å². The summed E-state index contributed by atoms with van der Waals surface area (Å²) in [6.45, 7) is 2.09. The highest BCUT2D eigenvalue weighted by molar-refractivity contribution is 5.78. The normalized spacial score (nSPS) is 12.6. The number of aryl methyl sites for hydroxylation is 1. The van der Waals surface area contributed by atoms with Crippen LogP contribution in [-0.2, 0) is 0 Å². The Balaban J connectivity index is 1.88. The van der Waals surface area contributed by atoms with Gasteiger partial charge >= 0.3 is 0 Å². The maximum atomic E-state index is 6.09. The first-order valence-electron chi connectivity index (χ1n) is 7.34. The number of para-hydroxylation sites is 1. The van der Waals surface area contributed by atoms with Gasteiger partial charge < -0.3 is 8.98 Å². The number of fused-ring (bicyclic) bond motifs is 1. The van der Waals surface area contributed by atoms with Crippen LogP contribution in [0.3, 0.4) is 0 Å². The minimum absolute atomic E-state index is 0.00417. The highest BCUT2D eigenvalue weighted by Crippen LogP contribution is 2.31. The van der Waals surface area contributed by atoms with Gasteiger partial charge in [-0.1, -0.05) is 48.0 Å². The highest BCUT2D eigenvalue weighted by Gasteiger charge is 2.20. The molecule has 0 bridgehead atoms. The summed E-state index contributed by atoms with van der Waals surface area (Å²) in [5, 5.41) is 1.12. The fraction of sp³-hybridized carbons (Fsp3) is 0.105. The molecule has 0 aliphatic carbocycles. The van der Waals surface area contributed by atoms with Crippen LogP contribution in [0.5, 0.6) is 0 Å². The van der Waals surface area contributed by atoms with Crippen LogP contribution in [0, 0.1) is 6.92 Å². The Bertz CT molecular complexity index is 856. The van der Waals surface area contributed by atoms with Crippen molar-refractivity contribution in [1.82, 2.24) is 9.55 Å². The van der Waals surface area contributed by atoms with Gasteiger partial charge in [0.2, 0.25) is 0 Å². The lowest BCUT2D eigenvalue weighted by atomic mass is 10.0. The van der Waals surface area contributed by atoms with Gasteiger partial charge in [0.1, 0.15) is 17.4 Å². The largest absolute Gasteiger partial charge is 0.458 e. The van der Waals surface area contributed by atoms with Crippen LogP contribution in [-0.4, -0.2) is 9.55 Å². The molecular formula is C19H16N2O. The lowest BCUT2D eigenvalue weighted by Crippen LogP contribution is -2.09. The van der Waals surface area contributed by atoms with E-state index < -0.39 is 0 Å². The van der Waals surface area contributed by atoms with Crippen LogP contribution in [0.2, 0.25) is 0 Å². The van der Waals surface area contributed by atoms with Gasteiger partial charge in [0.05, 0.1) is 6.33 Å². The molecule has 4 rings (SSSR count). The van der Waals surface area contributed by atoms with Crippen molar-refractivity contribution in [3.05, 3.63) is 90.2 Å². The summed E-state index contributed by atoms with van der Waals surface area (Å²) in [6.07, 6.45) is 5.60. The molecule has 0 radical (unpaired) electrons. The molecule has 108 valence electrons. The average Bonchev–Trinajstić information content (AvgIpc) is 3.19. The fourth-order valence-corrected chi connectivity index (χ4v) is 2.79. The van der Waals surface area contributed by atoms with Crippen LogP contribution in [0.25, 0.3) is 11.0 Å². The summed E-state index contributed by atoms with van der Waals surface area (Å²) in [6, 6.07) is 18.7. The van der Waals surface area contributed by atoms with Crippen LogP contribution in [0.4, 0.5) is 0 Å². The maximum absolute atomic E-state index is 6.09. The van der Waals surface area contributed by atoms with E-state index in [2.05, 4.69) is 52.9 Å². The zero-order valence-electron chi connectivity index (χ0n) is 12.3. The van der Waals surface area contributed by atoms with Gasteiger partial charge in [0, 0.05) is 17.8 Å². The van der Waals surface area contributed by atoms with Crippen molar-refractivity contribution < 1.29 is 4.42 Å². The number of hydrogen-bond donors (Lipinski definition) is 0. The van der Waals surface area contributed by atoms with Crippen molar-refractivity contribution in [2.75, 3.05) is 0 Å². The molecule has 2 aromatic heterocycles. The van der Waals surface area contributed by atoms with E-state index >= 15 is 0 Å². The summed E-state index contributed by atoms with van der Waals surface area (Å²) in [5.74, 6) is 0.919. The second-order valence-corrected chi connectivity index (χ2v) is 5.51. The van der Waals surface area contributed by atoms with Crippen molar-refractivity contribution in [1.29, 1.82) is 0 Å². The second-order valence-electron chi connectivity index (χ2n) is 5.51. The number of imidazole rings is 1. The molecule has 0 aliphatic heterocycles. The average molecular weight is 288 g/mol. The Morgan fingerprint density at radius 2 is 1.86 bits per heavy atom. The van der Waals surface area contributed by atoms with Gasteiger partial charge in [0.15, 0.2) is 0 Å². The van der Waals surface area contributed by atoms with E-state index in [1.54, 1.807) is 6.20 Å². The number of nitrogens with zero attached hydrogens (tertiary/aromatic N) is 2. The monoisotopic (exact) mass is 288 g/mol. The molecule has 0 saturated heterocycles. The third kappa shape index (κ3) is 2.21. The molecule has 0 aliphatic rings. The molecule has 2 aromatic carbocycles. The van der Waals surface area contributed by atoms with Crippen LogP contribution >= 0.6 is 0 Å². The summed E-state index contributed by atoms with van der Waals surface area (Å²) in [5.41, 5.74) is 3.34. The minimum atomic E-state index is -0.00417. The van der Waals surface area contributed by atoms with Crippen LogP contribution in [0.1, 0.15) is 22.9 Å². The number of hydrogen-bond acceptors (Lipinski definition) is 2. The summed E-state index contributed by atoms with van der Waals surface area (Å²) in [4.78, 5) is 4.19. The first-order chi connectivity index (χ1) is 10.8. The zero-order chi connectivity index (χ0) is 14.9. The summed E-state index contributed by atoms with van der Waals surface area (Å²) < 4.78 is 8.16. The van der Waals surface area contributed by atoms with Crippen molar-refractivity contribution in [2.24, 2.45) is 0 Å². The van der Waals surface area contributed by atoms with E-state index in [0.717, 1.165) is 16.7 Å². The molecule has 0 amide bonds. The zero-order valence-corrected chi connectivity index (χ0v) is 12.3. The minimum Gasteiger partial charge on any atom is -0.458 e. The molecule has 3 nitrogen and oxygen atoms in total. The molecule has 4 aromatic rings. The van der Waals surface area contributed by atoms with Gasteiger partial charge in [-0.3, -0.25) is 0 Å². The quantitative estimate of drug-likeness (QED) is 0.552. The van der Waals surface area contributed by atoms with Crippen molar-refractivity contribution in [3.63, 3.8) is 0 Å². The predicted molar refractivity (Wildman–Crippen MR) is 86.9 cm³/mol. The molecule has 1 unspecified atom stereocenters. The standard InChI is InChI=1S/C19H16N2O/c1-14-6-8-15(9-7-14)19(21-11-10-20-13-21)18-12-16-4-2-3-5-17(16)22-18/h2-13,19H,1H3. The first-order valence-corrected chi connectivity index (χ1v) is 7.34. The molecule has 0 fully saturated rings. The number of aromatic nitrogens is 2. The van der Waals surface area contributed by atoms with Crippen LogP contribution < -0.4 is 0 Å². The van der Waals surface area contributed by atoms with E-state index in [-0.39, 0.29) is 6.04 Å².